The number of benzene rings is 3. The molecule has 65 heavy (non-hydrogen) atoms. The SMILES string of the molecule is C#Cc1cccc2cccc(-c3ncc4c(N5CC(CC)NC(CC)C5)nc(OCC5(CN6CCN(Cc7ccc8c(c7)C(=O)N(C7CCC(=O)NC7=O)C8=O)CC6)CC5)nc4c3F)c12. The molecular weight excluding hydrogens is 826 g/mol. The number of piperidine rings is 1. The van der Waals surface area contributed by atoms with Crippen molar-refractivity contribution >= 4 is 51.1 Å². The molecular formula is C50H52FN9O5. The number of halogens is 1. The number of hydrogen-bond donors (Lipinski definition) is 2. The molecule has 1 saturated carbocycles. The van der Waals surface area contributed by atoms with E-state index in [1.807, 2.05) is 42.5 Å². The number of hydrogen-bond acceptors (Lipinski definition) is 12. The predicted molar refractivity (Wildman–Crippen MR) is 244 cm³/mol. The molecule has 6 heterocycles. The monoisotopic (exact) mass is 877 g/mol. The van der Waals surface area contributed by atoms with E-state index in [1.165, 1.54) is 0 Å². The first-order valence-electron chi connectivity index (χ1n) is 22.8. The maximum atomic E-state index is 17.1. The number of nitrogens with one attached hydrogen (secondary N) is 2. The highest BCUT2D eigenvalue weighted by Crippen LogP contribution is 2.47. The van der Waals surface area contributed by atoms with Crippen molar-refractivity contribution in [2.24, 2.45) is 5.41 Å². The van der Waals surface area contributed by atoms with Crippen LogP contribution in [0.15, 0.2) is 60.8 Å². The summed E-state index contributed by atoms with van der Waals surface area (Å²) in [5.41, 5.74) is 3.01. The summed E-state index contributed by atoms with van der Waals surface area (Å²) in [6.45, 7) is 10.9. The lowest BCUT2D eigenvalue weighted by molar-refractivity contribution is -0.136. The van der Waals surface area contributed by atoms with E-state index >= 15 is 4.39 Å². The second-order valence-electron chi connectivity index (χ2n) is 18.3. The largest absolute Gasteiger partial charge is 0.463 e. The zero-order valence-electron chi connectivity index (χ0n) is 36.7. The van der Waals surface area contributed by atoms with Crippen LogP contribution in [0.25, 0.3) is 32.9 Å². The van der Waals surface area contributed by atoms with Gasteiger partial charge in [0.25, 0.3) is 11.8 Å². The lowest BCUT2D eigenvalue weighted by Gasteiger charge is -2.39. The van der Waals surface area contributed by atoms with Crippen LogP contribution < -0.4 is 20.3 Å². The second-order valence-corrected chi connectivity index (χ2v) is 18.3. The fourth-order valence-corrected chi connectivity index (χ4v) is 10.1. The Bertz CT molecular complexity index is 2780. The van der Waals surface area contributed by atoms with E-state index in [2.05, 4.69) is 45.1 Å². The Morgan fingerprint density at radius 3 is 2.32 bits per heavy atom. The molecule has 3 saturated heterocycles. The molecule has 3 aromatic carbocycles. The molecule has 0 spiro atoms. The Morgan fingerprint density at radius 1 is 0.892 bits per heavy atom. The lowest BCUT2D eigenvalue weighted by Crippen LogP contribution is -2.56. The molecule has 3 atom stereocenters. The molecule has 4 fully saturated rings. The van der Waals surface area contributed by atoms with E-state index in [1.54, 1.807) is 18.3 Å². The molecule has 3 unspecified atom stereocenters. The van der Waals surface area contributed by atoms with Crippen molar-refractivity contribution in [2.45, 2.75) is 77.0 Å². The minimum Gasteiger partial charge on any atom is -0.463 e. The van der Waals surface area contributed by atoms with Gasteiger partial charge in [0.2, 0.25) is 11.8 Å². The Hall–Kier alpha value is -6.34. The first-order valence-corrected chi connectivity index (χ1v) is 22.8. The molecule has 5 aromatic rings. The minimum atomic E-state index is -0.993. The number of pyridine rings is 1. The first kappa shape index (κ1) is 42.6. The van der Waals surface area contributed by atoms with Crippen LogP contribution in [0, 0.1) is 23.6 Å². The zero-order valence-corrected chi connectivity index (χ0v) is 36.7. The third-order valence-electron chi connectivity index (χ3n) is 14.0. The van der Waals surface area contributed by atoms with Crippen LogP contribution in [0.1, 0.15) is 84.2 Å². The van der Waals surface area contributed by atoms with Crippen LogP contribution in [0.2, 0.25) is 0 Å². The topological polar surface area (TPSA) is 153 Å². The van der Waals surface area contributed by atoms with Crippen molar-refractivity contribution in [1.29, 1.82) is 0 Å². The molecule has 14 nitrogen and oxygen atoms in total. The van der Waals surface area contributed by atoms with Gasteiger partial charge in [-0.2, -0.15) is 9.97 Å². The van der Waals surface area contributed by atoms with Crippen molar-refractivity contribution < 1.29 is 28.3 Å². The average molecular weight is 878 g/mol. The second kappa shape index (κ2) is 17.2. The summed E-state index contributed by atoms with van der Waals surface area (Å²) in [4.78, 5) is 73.4. The molecule has 0 bridgehead atoms. The average Bonchev–Trinajstić information content (AvgIpc) is 4.05. The molecule has 4 aliphatic heterocycles. The van der Waals surface area contributed by atoms with Gasteiger partial charge in [-0.05, 0) is 61.3 Å². The number of rotatable bonds is 12. The molecule has 4 amide bonds. The van der Waals surface area contributed by atoms with Gasteiger partial charge in [0, 0.05) is 99.0 Å². The third-order valence-corrected chi connectivity index (χ3v) is 14.0. The third kappa shape index (κ3) is 8.08. The Balaban J connectivity index is 0.839. The number of imide groups is 2. The molecule has 2 N–H and O–H groups in total. The highest BCUT2D eigenvalue weighted by atomic mass is 19.1. The van der Waals surface area contributed by atoms with Crippen molar-refractivity contribution in [3.63, 3.8) is 0 Å². The van der Waals surface area contributed by atoms with Gasteiger partial charge < -0.3 is 19.9 Å². The van der Waals surface area contributed by atoms with E-state index in [0.29, 0.717) is 54.1 Å². The van der Waals surface area contributed by atoms with Crippen molar-refractivity contribution in [3.05, 3.63) is 88.9 Å². The smallest absolute Gasteiger partial charge is 0.319 e. The van der Waals surface area contributed by atoms with Crippen LogP contribution >= 0.6 is 0 Å². The molecule has 1 aliphatic carbocycles. The van der Waals surface area contributed by atoms with Gasteiger partial charge in [-0.3, -0.25) is 39.3 Å². The quantitative estimate of drug-likeness (QED) is 0.123. The number of terminal acetylenes is 1. The summed E-state index contributed by atoms with van der Waals surface area (Å²) >= 11 is 0. The maximum Gasteiger partial charge on any atom is 0.319 e. The Kier molecular flexibility index (Phi) is 11.3. The number of ether oxygens (including phenoxy) is 1. The number of aromatic nitrogens is 3. The highest BCUT2D eigenvalue weighted by molar-refractivity contribution is 6.23. The van der Waals surface area contributed by atoms with Crippen LogP contribution in [-0.4, -0.2) is 124 Å². The van der Waals surface area contributed by atoms with E-state index in [4.69, 9.17) is 26.1 Å². The molecule has 5 aliphatic rings. The standard InChI is InChI=1S/C50H52FN9O5/c1-4-31-9-7-10-32-11-8-12-36(41(31)32)43-42(51)44-38(24-52-43)45(59-26-33(5-2)53-34(6-3)27-59)56-49(55-44)65-29-50(17-18-50)28-58-21-19-57(20-22-58)25-30-13-14-35-37(23-30)48(64)60(47(35)63)39-15-16-40(61)54-46(39)62/h1,7-14,23-24,33-34,39,53H,5-6,15-22,25-29H2,2-3H3,(H,54,61,62). The van der Waals surface area contributed by atoms with Gasteiger partial charge in [-0.1, -0.05) is 56.2 Å². The summed E-state index contributed by atoms with van der Waals surface area (Å²) in [6, 6.07) is 16.4. The van der Waals surface area contributed by atoms with Crippen LogP contribution in [0.5, 0.6) is 6.01 Å². The van der Waals surface area contributed by atoms with Gasteiger partial charge in [0.05, 0.1) is 23.1 Å². The van der Waals surface area contributed by atoms with Crippen LogP contribution in [0.3, 0.4) is 0 Å². The summed E-state index contributed by atoms with van der Waals surface area (Å²) in [7, 11) is 0. The first-order chi connectivity index (χ1) is 31.5. The maximum absolute atomic E-state index is 17.1. The number of fused-ring (bicyclic) bond motifs is 3. The van der Waals surface area contributed by atoms with E-state index in [-0.39, 0.29) is 53.1 Å². The summed E-state index contributed by atoms with van der Waals surface area (Å²) in [6.07, 6.45) is 11.7. The van der Waals surface area contributed by atoms with Crippen molar-refractivity contribution in [2.75, 3.05) is 57.3 Å². The Labute approximate surface area is 376 Å². The van der Waals surface area contributed by atoms with E-state index in [9.17, 15) is 19.2 Å². The molecule has 0 radical (unpaired) electrons. The molecule has 2 aromatic heterocycles. The number of carbonyl (C=O) groups excluding carboxylic acids is 4. The van der Waals surface area contributed by atoms with Crippen molar-refractivity contribution in [3.8, 4) is 29.6 Å². The minimum absolute atomic E-state index is 0.0753. The van der Waals surface area contributed by atoms with Crippen LogP contribution in [-0.2, 0) is 16.1 Å². The number of nitrogens with zero attached hydrogens (tertiary/aromatic N) is 7. The highest BCUT2D eigenvalue weighted by Gasteiger charge is 2.46. The number of amides is 4. The zero-order chi connectivity index (χ0) is 45.0. The fraction of sp³-hybridized carbons (Fsp3) is 0.420. The lowest BCUT2D eigenvalue weighted by atomic mass is 9.96. The summed E-state index contributed by atoms with van der Waals surface area (Å²) in [5, 5.41) is 8.19. The Morgan fingerprint density at radius 2 is 1.62 bits per heavy atom. The number of piperazine rings is 2. The van der Waals surface area contributed by atoms with Gasteiger partial charge in [-0.25, -0.2) is 4.39 Å². The number of anilines is 1. The van der Waals surface area contributed by atoms with Gasteiger partial charge >= 0.3 is 6.01 Å². The molecule has 334 valence electrons. The van der Waals surface area contributed by atoms with Gasteiger partial charge in [0.15, 0.2) is 5.82 Å². The normalized spacial score (nSPS) is 22.3. The van der Waals surface area contributed by atoms with E-state index < -0.39 is 35.5 Å². The van der Waals surface area contributed by atoms with Crippen LogP contribution in [0.4, 0.5) is 10.2 Å². The van der Waals surface area contributed by atoms with Crippen molar-refractivity contribution in [1.82, 2.24) is 40.3 Å². The van der Waals surface area contributed by atoms with E-state index in [0.717, 1.165) is 79.6 Å². The summed E-state index contributed by atoms with van der Waals surface area (Å²) in [5.74, 6) is 0.816. The summed E-state index contributed by atoms with van der Waals surface area (Å²) < 4.78 is 23.7. The molecule has 15 heteroatoms. The van der Waals surface area contributed by atoms with Gasteiger partial charge in [0.1, 0.15) is 23.1 Å². The van der Waals surface area contributed by atoms with Gasteiger partial charge in [-0.15, -0.1) is 6.42 Å². The number of carbonyl (C=O) groups is 4. The molecule has 10 rings (SSSR count). The predicted octanol–water partition coefficient (Wildman–Crippen LogP) is 5.31. The fourth-order valence-electron chi connectivity index (χ4n) is 10.1.